The second-order valence-electron chi connectivity index (χ2n) is 7.92. The Balaban J connectivity index is 1.72. The molecular weight excluding hydrogens is 518 g/mol. The van der Waals surface area contributed by atoms with E-state index in [-0.39, 0.29) is 21.9 Å². The highest BCUT2D eigenvalue weighted by molar-refractivity contribution is 7.92. The summed E-state index contributed by atoms with van der Waals surface area (Å²) >= 11 is 0.983. The first-order chi connectivity index (χ1) is 17.6. The van der Waals surface area contributed by atoms with Crippen LogP contribution in [0.1, 0.15) is 33.8 Å². The van der Waals surface area contributed by atoms with Gasteiger partial charge in [-0.05, 0) is 55.0 Å². The van der Waals surface area contributed by atoms with Gasteiger partial charge in [0.25, 0.3) is 15.9 Å². The van der Waals surface area contributed by atoms with Crippen LogP contribution in [0.15, 0.2) is 53.1 Å². The van der Waals surface area contributed by atoms with E-state index in [0.717, 1.165) is 11.3 Å². The fourth-order valence-corrected chi connectivity index (χ4v) is 5.11. The molecule has 37 heavy (non-hydrogen) atoms. The predicted octanol–water partition coefficient (Wildman–Crippen LogP) is 0.436. The minimum atomic E-state index is -4.07. The first-order valence-electron chi connectivity index (χ1n) is 11.0. The lowest BCUT2D eigenvalue weighted by Gasteiger charge is -2.16. The summed E-state index contributed by atoms with van der Waals surface area (Å²) in [6, 6.07) is 6.32. The van der Waals surface area contributed by atoms with E-state index in [9.17, 15) is 23.1 Å². The van der Waals surface area contributed by atoms with Crippen LogP contribution in [0.5, 0.6) is 0 Å². The molecule has 0 saturated heterocycles. The summed E-state index contributed by atoms with van der Waals surface area (Å²) in [6.45, 7) is 0.368. The van der Waals surface area contributed by atoms with Crippen molar-refractivity contribution in [3.05, 3.63) is 64.4 Å². The number of aromatic nitrogens is 2. The molecule has 0 radical (unpaired) electrons. The van der Waals surface area contributed by atoms with Gasteiger partial charge < -0.3 is 26.5 Å². The molecule has 0 aliphatic rings. The Labute approximate surface area is 218 Å². The maximum Gasteiger partial charge on any atom is 0.326 e. The van der Waals surface area contributed by atoms with Crippen molar-refractivity contribution in [1.29, 1.82) is 0 Å². The number of carbonyl (C=O) groups excluding carboxylic acids is 1. The molecule has 0 aliphatic carbocycles. The number of carboxylic acids is 1. The van der Waals surface area contributed by atoms with E-state index in [2.05, 4.69) is 32.2 Å². The summed E-state index contributed by atoms with van der Waals surface area (Å²) in [5.74, 6) is 3.91. The Kier molecular flexibility index (Phi) is 9.39. The van der Waals surface area contributed by atoms with E-state index in [1.807, 2.05) is 0 Å². The predicted molar refractivity (Wildman–Crippen MR) is 139 cm³/mol. The molecule has 12 nitrogen and oxygen atoms in total. The lowest BCUT2D eigenvalue weighted by molar-refractivity contribution is -0.139. The number of imidazole rings is 1. The van der Waals surface area contributed by atoms with Crippen LogP contribution in [0.25, 0.3) is 0 Å². The highest BCUT2D eigenvalue weighted by Gasteiger charge is 2.24. The van der Waals surface area contributed by atoms with Gasteiger partial charge in [-0.2, -0.15) is 0 Å². The van der Waals surface area contributed by atoms with Crippen molar-refractivity contribution in [2.24, 2.45) is 18.5 Å². The highest BCUT2D eigenvalue weighted by Crippen LogP contribution is 2.26. The Morgan fingerprint density at radius 2 is 2.03 bits per heavy atom. The van der Waals surface area contributed by atoms with Gasteiger partial charge in [-0.25, -0.2) is 18.2 Å². The lowest BCUT2D eigenvalue weighted by Crippen LogP contribution is -2.46. The van der Waals surface area contributed by atoms with Gasteiger partial charge in [0.1, 0.15) is 22.9 Å². The molecule has 3 aromatic rings. The van der Waals surface area contributed by atoms with Gasteiger partial charge >= 0.3 is 5.97 Å². The summed E-state index contributed by atoms with van der Waals surface area (Å²) in [7, 11) is -2.27. The summed E-state index contributed by atoms with van der Waals surface area (Å²) in [6.07, 6.45) is 3.00. The third kappa shape index (κ3) is 7.87. The van der Waals surface area contributed by atoms with Gasteiger partial charge in [0.2, 0.25) is 0 Å². The van der Waals surface area contributed by atoms with Crippen molar-refractivity contribution in [2.45, 2.75) is 30.1 Å². The van der Waals surface area contributed by atoms with E-state index in [4.69, 9.17) is 11.5 Å². The highest BCUT2D eigenvalue weighted by atomic mass is 32.2. The number of carbonyl (C=O) groups is 2. The standard InChI is InChI=1S/C23H27N7O5S2/c1-30-14-26-13-16(30)8-7-15-4-2-5-17(12-15)37(34,35)29-18-9-11-36-20(18)21(31)28-19(22(32)33)6-3-10-27-23(24)25/h2,4-5,9,11-14,19,23,27,29H,3,6,10,24-25H2,1H3,(H,28,31)(H,32,33)/t19-/m0/s1. The van der Waals surface area contributed by atoms with Crippen LogP contribution < -0.4 is 26.8 Å². The minimum Gasteiger partial charge on any atom is -0.480 e. The zero-order valence-corrected chi connectivity index (χ0v) is 21.5. The second-order valence-corrected chi connectivity index (χ2v) is 10.5. The molecule has 1 aromatic carbocycles. The number of nitrogens with one attached hydrogen (secondary N) is 3. The number of aliphatic carboxylic acids is 1. The number of nitrogens with zero attached hydrogens (tertiary/aromatic N) is 2. The molecule has 196 valence electrons. The van der Waals surface area contributed by atoms with Crippen LogP contribution in [0.4, 0.5) is 5.69 Å². The molecule has 2 aromatic heterocycles. The Morgan fingerprint density at radius 1 is 1.24 bits per heavy atom. The number of carboxylic acid groups (broad SMARTS) is 1. The summed E-state index contributed by atoms with van der Waals surface area (Å²) in [5, 5.41) is 16.2. The van der Waals surface area contributed by atoms with Crippen LogP contribution in [0.2, 0.25) is 0 Å². The maximum atomic E-state index is 13.1. The Hall–Kier alpha value is -3.74. The van der Waals surface area contributed by atoms with Crippen molar-refractivity contribution in [3.63, 3.8) is 0 Å². The van der Waals surface area contributed by atoms with Crippen molar-refractivity contribution in [1.82, 2.24) is 20.2 Å². The Morgan fingerprint density at radius 3 is 2.70 bits per heavy atom. The number of anilines is 1. The zero-order chi connectivity index (χ0) is 27.0. The smallest absolute Gasteiger partial charge is 0.326 e. The fourth-order valence-electron chi connectivity index (χ4n) is 3.18. The number of hydrogen-bond donors (Lipinski definition) is 6. The number of rotatable bonds is 11. The van der Waals surface area contributed by atoms with Crippen molar-refractivity contribution < 1.29 is 23.1 Å². The number of sulfonamides is 1. The quantitative estimate of drug-likeness (QED) is 0.113. The number of hydrogen-bond acceptors (Lipinski definition) is 9. The average molecular weight is 546 g/mol. The molecule has 0 bridgehead atoms. The van der Waals surface area contributed by atoms with Gasteiger partial charge in [0.05, 0.1) is 23.1 Å². The lowest BCUT2D eigenvalue weighted by atomic mass is 10.1. The van der Waals surface area contributed by atoms with Gasteiger partial charge in [-0.15, -0.1) is 11.3 Å². The number of nitrogens with two attached hydrogens (primary N) is 2. The van der Waals surface area contributed by atoms with E-state index in [1.165, 1.54) is 23.6 Å². The molecule has 1 amide bonds. The SMILES string of the molecule is Cn1cncc1C#Cc1cccc(S(=O)(=O)Nc2ccsc2C(=O)N[C@@H](CCCNC(N)N)C(=O)O)c1. The van der Waals surface area contributed by atoms with Crippen LogP contribution in [-0.4, -0.2) is 53.8 Å². The first kappa shape index (κ1) is 27.8. The van der Waals surface area contributed by atoms with Gasteiger partial charge in [0.15, 0.2) is 0 Å². The minimum absolute atomic E-state index is 0.0316. The van der Waals surface area contributed by atoms with Crippen LogP contribution in [-0.2, 0) is 21.9 Å². The molecule has 14 heteroatoms. The van der Waals surface area contributed by atoms with Gasteiger partial charge in [0, 0.05) is 12.6 Å². The molecule has 2 heterocycles. The first-order valence-corrected chi connectivity index (χ1v) is 13.4. The largest absolute Gasteiger partial charge is 0.480 e. The summed E-state index contributed by atoms with van der Waals surface area (Å²) < 4.78 is 30.3. The van der Waals surface area contributed by atoms with Crippen molar-refractivity contribution >= 4 is 38.9 Å². The normalized spacial score (nSPS) is 12.0. The molecule has 0 fully saturated rings. The van der Waals surface area contributed by atoms with Gasteiger partial charge in [-0.1, -0.05) is 12.0 Å². The van der Waals surface area contributed by atoms with Gasteiger partial charge in [-0.3, -0.25) is 14.8 Å². The summed E-state index contributed by atoms with van der Waals surface area (Å²) in [4.78, 5) is 28.4. The maximum absolute atomic E-state index is 13.1. The van der Waals surface area contributed by atoms with Crippen LogP contribution in [0.3, 0.4) is 0 Å². The third-order valence-electron chi connectivity index (χ3n) is 5.06. The number of aryl methyl sites for hydroxylation is 1. The zero-order valence-electron chi connectivity index (χ0n) is 19.8. The molecule has 8 N–H and O–H groups in total. The second kappa shape index (κ2) is 12.5. The average Bonchev–Trinajstić information content (AvgIpc) is 3.47. The monoisotopic (exact) mass is 545 g/mol. The number of thiophene rings is 1. The molecule has 0 unspecified atom stereocenters. The number of benzene rings is 1. The van der Waals surface area contributed by atoms with E-state index in [1.54, 1.807) is 36.3 Å². The molecule has 0 spiro atoms. The molecule has 3 rings (SSSR count). The molecule has 0 saturated carbocycles. The molecule has 0 aliphatic heterocycles. The Bertz CT molecular complexity index is 1420. The van der Waals surface area contributed by atoms with Crippen LogP contribution >= 0.6 is 11.3 Å². The van der Waals surface area contributed by atoms with Crippen molar-refractivity contribution in [3.8, 4) is 11.8 Å². The molecular formula is C23H27N7O5S2. The van der Waals surface area contributed by atoms with Crippen LogP contribution in [0, 0.1) is 11.8 Å². The molecule has 1 atom stereocenters. The topological polar surface area (TPSA) is 194 Å². The summed E-state index contributed by atoms with van der Waals surface area (Å²) in [5.41, 5.74) is 12.0. The van der Waals surface area contributed by atoms with E-state index < -0.39 is 34.2 Å². The van der Waals surface area contributed by atoms with E-state index in [0.29, 0.717) is 24.2 Å². The fraction of sp³-hybridized carbons (Fsp3) is 0.261. The number of amides is 1. The van der Waals surface area contributed by atoms with Crippen molar-refractivity contribution in [2.75, 3.05) is 11.3 Å². The third-order valence-corrected chi connectivity index (χ3v) is 7.34. The van der Waals surface area contributed by atoms with E-state index >= 15 is 0 Å².